The van der Waals surface area contributed by atoms with Crippen LogP contribution >= 0.6 is 43.5 Å². The van der Waals surface area contributed by atoms with Gasteiger partial charge in [-0.25, -0.2) is 0 Å². The molecule has 230 valence electrons. The molecular weight excluding hydrogens is 680 g/mol. The number of halogens is 3. The Hall–Kier alpha value is -1.75. The third-order valence-corrected chi connectivity index (χ3v) is 11.2. The first-order valence-electron chi connectivity index (χ1n) is 16.1. The summed E-state index contributed by atoms with van der Waals surface area (Å²) in [5, 5.41) is 0.937. The quantitative estimate of drug-likeness (QED) is 0.254. The zero-order valence-corrected chi connectivity index (χ0v) is 30.7. The van der Waals surface area contributed by atoms with Crippen LogP contribution in [0.2, 0.25) is 0 Å². The van der Waals surface area contributed by atoms with Crippen molar-refractivity contribution in [2.24, 2.45) is 0 Å². The molecule has 0 aromatic heterocycles. The number of nitrogens with zero attached hydrogens (tertiary/aromatic N) is 2. The monoisotopic (exact) mass is 724 g/mol. The number of allylic oxidation sites excluding steroid dienone is 7. The van der Waals surface area contributed by atoms with Gasteiger partial charge in [-0.05, 0) is 96.9 Å². The van der Waals surface area contributed by atoms with Crippen molar-refractivity contribution in [3.63, 3.8) is 0 Å². The highest BCUT2D eigenvalue weighted by atomic mass is 79.9. The third kappa shape index (κ3) is 6.36. The first-order valence-corrected chi connectivity index (χ1v) is 18.1. The molecular formula is C38H47Br2ClN2. The lowest BCUT2D eigenvalue weighted by atomic mass is 9.80. The molecule has 0 saturated carbocycles. The molecule has 2 aromatic carbocycles. The van der Waals surface area contributed by atoms with E-state index in [9.17, 15) is 0 Å². The van der Waals surface area contributed by atoms with Crippen molar-refractivity contribution in [2.75, 3.05) is 22.9 Å². The predicted molar refractivity (Wildman–Crippen MR) is 195 cm³/mol. The van der Waals surface area contributed by atoms with Crippen LogP contribution in [0, 0.1) is 0 Å². The minimum atomic E-state index is -0.0719. The summed E-state index contributed by atoms with van der Waals surface area (Å²) in [6.07, 6.45) is 17.3. The molecule has 1 atom stereocenters. The van der Waals surface area contributed by atoms with Gasteiger partial charge in [0.25, 0.3) is 0 Å². The molecule has 3 aliphatic rings. The maximum atomic E-state index is 7.21. The van der Waals surface area contributed by atoms with Gasteiger partial charge < -0.3 is 9.80 Å². The van der Waals surface area contributed by atoms with Crippen molar-refractivity contribution >= 4 is 54.8 Å². The van der Waals surface area contributed by atoms with Crippen LogP contribution in [0.1, 0.15) is 97.6 Å². The van der Waals surface area contributed by atoms with E-state index in [0.29, 0.717) is 6.04 Å². The van der Waals surface area contributed by atoms with E-state index in [1.807, 2.05) is 0 Å². The molecule has 0 amide bonds. The smallest absolute Gasteiger partial charge is 0.0568 e. The molecule has 2 aliphatic heterocycles. The first kappa shape index (κ1) is 32.6. The fraction of sp³-hybridized carbons (Fsp3) is 0.474. The fourth-order valence-electron chi connectivity index (χ4n) is 7.21. The van der Waals surface area contributed by atoms with Gasteiger partial charge in [0.1, 0.15) is 0 Å². The van der Waals surface area contributed by atoms with Gasteiger partial charge in [-0.15, -0.1) is 0 Å². The van der Waals surface area contributed by atoms with Crippen LogP contribution in [-0.4, -0.2) is 19.1 Å². The third-order valence-electron chi connectivity index (χ3n) is 9.76. The van der Waals surface area contributed by atoms with E-state index in [0.717, 1.165) is 46.3 Å². The lowest BCUT2D eigenvalue weighted by Crippen LogP contribution is -2.40. The molecule has 1 unspecified atom stereocenters. The minimum absolute atomic E-state index is 0.00808. The van der Waals surface area contributed by atoms with Crippen molar-refractivity contribution < 1.29 is 0 Å². The first-order chi connectivity index (χ1) is 20.5. The van der Waals surface area contributed by atoms with Gasteiger partial charge in [-0.2, -0.15) is 0 Å². The molecule has 5 heteroatoms. The van der Waals surface area contributed by atoms with Crippen LogP contribution in [0.3, 0.4) is 0 Å². The van der Waals surface area contributed by atoms with Crippen LogP contribution in [0.25, 0.3) is 0 Å². The Morgan fingerprint density at radius 1 is 0.860 bits per heavy atom. The molecule has 2 aromatic rings. The van der Waals surface area contributed by atoms with Gasteiger partial charge in [-0.1, -0.05) is 116 Å². The van der Waals surface area contributed by atoms with Crippen LogP contribution in [0.15, 0.2) is 91.5 Å². The summed E-state index contributed by atoms with van der Waals surface area (Å²) in [6, 6.07) is 13.8. The van der Waals surface area contributed by atoms with Gasteiger partial charge >= 0.3 is 0 Å². The molecule has 2 heterocycles. The topological polar surface area (TPSA) is 6.48 Å². The van der Waals surface area contributed by atoms with Gasteiger partial charge in [0, 0.05) is 55.0 Å². The van der Waals surface area contributed by atoms with Gasteiger partial charge in [0.2, 0.25) is 0 Å². The lowest BCUT2D eigenvalue weighted by Gasteiger charge is -2.32. The van der Waals surface area contributed by atoms with Gasteiger partial charge in [-0.3, -0.25) is 0 Å². The number of fused-ring (bicyclic) bond motifs is 2. The zero-order valence-electron chi connectivity index (χ0n) is 26.7. The average molecular weight is 727 g/mol. The normalized spacial score (nSPS) is 22.8. The summed E-state index contributed by atoms with van der Waals surface area (Å²) in [5.41, 5.74) is 9.32. The van der Waals surface area contributed by atoms with Crippen LogP contribution in [-0.2, 0) is 10.8 Å². The number of anilines is 2. The second-order valence-electron chi connectivity index (χ2n) is 13.5. The Morgan fingerprint density at radius 3 is 2.21 bits per heavy atom. The average Bonchev–Trinajstić information content (AvgIpc) is 3.31. The molecule has 0 spiro atoms. The fourth-order valence-corrected chi connectivity index (χ4v) is 8.24. The Bertz CT molecular complexity index is 1480. The molecule has 1 aliphatic carbocycles. The standard InChI is InChI=1S/C38H47Br2ClN2/c1-7-9-22-42-32-18-16-28(39)24-30(32)37(3,4)34(42)20-14-26-12-11-13-27(36(26)41)15-21-35-38(5,6)31-25-29(40)17-19-33(31)43(35)23-10-8-2/h14-21,24-25,34H,7-13,22-23H2,1-6H3/b20-14+,27-15+,35-21+. The highest BCUT2D eigenvalue weighted by Gasteiger charge is 2.43. The van der Waals surface area contributed by atoms with E-state index in [1.54, 1.807) is 0 Å². The highest BCUT2D eigenvalue weighted by molar-refractivity contribution is 9.10. The Morgan fingerprint density at radius 2 is 1.51 bits per heavy atom. The largest absolute Gasteiger partial charge is 0.364 e. The van der Waals surface area contributed by atoms with Gasteiger partial charge in [0.15, 0.2) is 0 Å². The summed E-state index contributed by atoms with van der Waals surface area (Å²) in [6.45, 7) is 16.1. The van der Waals surface area contributed by atoms with Crippen molar-refractivity contribution in [2.45, 2.75) is 103 Å². The van der Waals surface area contributed by atoms with E-state index >= 15 is 0 Å². The molecule has 2 nitrogen and oxygen atoms in total. The van der Waals surface area contributed by atoms with Crippen molar-refractivity contribution in [1.82, 2.24) is 0 Å². The summed E-state index contributed by atoms with van der Waals surface area (Å²) < 4.78 is 2.29. The van der Waals surface area contributed by atoms with Crippen molar-refractivity contribution in [1.29, 1.82) is 0 Å². The molecule has 0 saturated heterocycles. The number of hydrogen-bond donors (Lipinski definition) is 0. The van der Waals surface area contributed by atoms with E-state index in [2.05, 4.69) is 144 Å². The van der Waals surface area contributed by atoms with E-state index < -0.39 is 0 Å². The summed E-state index contributed by atoms with van der Waals surface area (Å²) >= 11 is 14.6. The van der Waals surface area contributed by atoms with Crippen LogP contribution in [0.5, 0.6) is 0 Å². The van der Waals surface area contributed by atoms with E-state index in [4.69, 9.17) is 11.6 Å². The minimum Gasteiger partial charge on any atom is -0.364 e. The summed E-state index contributed by atoms with van der Waals surface area (Å²) in [5.74, 6) is 0. The molecule has 0 bridgehead atoms. The number of hydrogen-bond acceptors (Lipinski definition) is 2. The Kier molecular flexibility index (Phi) is 10.1. The van der Waals surface area contributed by atoms with Crippen LogP contribution in [0.4, 0.5) is 11.4 Å². The van der Waals surface area contributed by atoms with Crippen molar-refractivity contribution in [3.05, 3.63) is 103 Å². The van der Waals surface area contributed by atoms with E-state index in [1.165, 1.54) is 65.0 Å². The highest BCUT2D eigenvalue weighted by Crippen LogP contribution is 2.50. The second-order valence-corrected chi connectivity index (χ2v) is 15.7. The lowest BCUT2D eigenvalue weighted by molar-refractivity contribution is 0.471. The van der Waals surface area contributed by atoms with Gasteiger partial charge in [0.05, 0.1) is 6.04 Å². The Labute approximate surface area is 282 Å². The maximum Gasteiger partial charge on any atom is 0.0568 e. The van der Waals surface area contributed by atoms with Crippen molar-refractivity contribution in [3.8, 4) is 0 Å². The maximum absolute atomic E-state index is 7.21. The second kappa shape index (κ2) is 13.3. The number of unbranched alkanes of at least 4 members (excludes halogenated alkanes) is 2. The predicted octanol–water partition coefficient (Wildman–Crippen LogP) is 12.1. The molecule has 0 radical (unpaired) electrons. The molecule has 43 heavy (non-hydrogen) atoms. The molecule has 5 rings (SSSR count). The van der Waals surface area contributed by atoms with E-state index in [-0.39, 0.29) is 10.8 Å². The SMILES string of the molecule is CCCCN1/C(=C/C=C2\CCCC(/C=C/C3N(CCCC)c4ccc(Br)cc4C3(C)C)=C2Cl)C(C)(C)c2cc(Br)ccc21. The molecule has 0 fully saturated rings. The number of benzene rings is 2. The Balaban J connectivity index is 1.46. The van der Waals surface area contributed by atoms with Crippen LogP contribution < -0.4 is 9.80 Å². The summed E-state index contributed by atoms with van der Waals surface area (Å²) in [4.78, 5) is 5.15. The molecule has 0 N–H and O–H groups in total. The number of rotatable bonds is 9. The zero-order chi connectivity index (χ0) is 30.9. The summed E-state index contributed by atoms with van der Waals surface area (Å²) in [7, 11) is 0.